The SMILES string of the molecule is Cc1cc2oc(=O)cc(CNC(=O)c3ccccc3Br)c2cc1Cl. The third-order valence-electron chi connectivity index (χ3n) is 3.67. The van der Waals surface area contributed by atoms with Crippen molar-refractivity contribution in [1.82, 2.24) is 5.32 Å². The summed E-state index contributed by atoms with van der Waals surface area (Å²) in [5, 5.41) is 4.10. The van der Waals surface area contributed by atoms with E-state index in [-0.39, 0.29) is 12.5 Å². The first-order valence-electron chi connectivity index (χ1n) is 7.21. The smallest absolute Gasteiger partial charge is 0.336 e. The molecule has 2 aromatic carbocycles. The van der Waals surface area contributed by atoms with E-state index in [1.807, 2.05) is 13.0 Å². The molecule has 3 aromatic rings. The van der Waals surface area contributed by atoms with E-state index in [0.29, 0.717) is 31.6 Å². The standard InChI is InChI=1S/C18H13BrClNO3/c1-10-6-16-13(8-15(10)20)11(7-17(22)24-16)9-21-18(23)12-4-2-3-5-14(12)19/h2-8H,9H2,1H3,(H,21,23). The highest BCUT2D eigenvalue weighted by atomic mass is 79.9. The van der Waals surface area contributed by atoms with Crippen molar-refractivity contribution in [2.45, 2.75) is 13.5 Å². The summed E-state index contributed by atoms with van der Waals surface area (Å²) in [4.78, 5) is 24.1. The average molecular weight is 407 g/mol. The molecule has 1 amide bonds. The van der Waals surface area contributed by atoms with E-state index in [1.165, 1.54) is 6.07 Å². The molecule has 0 radical (unpaired) electrons. The van der Waals surface area contributed by atoms with Gasteiger partial charge in [-0.1, -0.05) is 23.7 Å². The van der Waals surface area contributed by atoms with Crippen LogP contribution in [0.2, 0.25) is 5.02 Å². The maximum atomic E-state index is 12.3. The number of rotatable bonds is 3. The molecule has 1 aromatic heterocycles. The van der Waals surface area contributed by atoms with Crippen molar-refractivity contribution in [3.63, 3.8) is 0 Å². The van der Waals surface area contributed by atoms with Gasteiger partial charge in [0, 0.05) is 27.5 Å². The number of carbonyl (C=O) groups is 1. The highest BCUT2D eigenvalue weighted by Gasteiger charge is 2.12. The topological polar surface area (TPSA) is 59.3 Å². The summed E-state index contributed by atoms with van der Waals surface area (Å²) in [6.07, 6.45) is 0. The number of amides is 1. The number of halogens is 2. The lowest BCUT2D eigenvalue weighted by Crippen LogP contribution is -2.23. The number of aryl methyl sites for hydroxylation is 1. The molecule has 0 spiro atoms. The maximum absolute atomic E-state index is 12.3. The predicted octanol–water partition coefficient (Wildman–Crippen LogP) is 4.45. The number of hydrogen-bond donors (Lipinski definition) is 1. The number of nitrogens with one attached hydrogen (secondary N) is 1. The van der Waals surface area contributed by atoms with Crippen molar-refractivity contribution in [3.05, 3.63) is 79.1 Å². The Kier molecular flexibility index (Phi) is 4.73. The highest BCUT2D eigenvalue weighted by molar-refractivity contribution is 9.10. The van der Waals surface area contributed by atoms with E-state index in [1.54, 1.807) is 30.3 Å². The third kappa shape index (κ3) is 3.37. The average Bonchev–Trinajstić information content (AvgIpc) is 2.54. The van der Waals surface area contributed by atoms with Crippen LogP contribution >= 0.6 is 27.5 Å². The Morgan fingerprint density at radius 3 is 2.75 bits per heavy atom. The molecule has 0 saturated heterocycles. The molecule has 0 aliphatic heterocycles. The quantitative estimate of drug-likeness (QED) is 0.654. The van der Waals surface area contributed by atoms with Crippen LogP contribution in [0.15, 0.2) is 56.1 Å². The Balaban J connectivity index is 1.93. The molecule has 1 N–H and O–H groups in total. The van der Waals surface area contributed by atoms with Crippen LogP contribution in [-0.4, -0.2) is 5.91 Å². The van der Waals surface area contributed by atoms with Crippen molar-refractivity contribution in [1.29, 1.82) is 0 Å². The summed E-state index contributed by atoms with van der Waals surface area (Å²) in [5.41, 5.74) is 1.99. The molecule has 0 atom stereocenters. The largest absolute Gasteiger partial charge is 0.423 e. The number of benzene rings is 2. The fraction of sp³-hybridized carbons (Fsp3) is 0.111. The lowest BCUT2D eigenvalue weighted by molar-refractivity contribution is 0.0950. The van der Waals surface area contributed by atoms with E-state index in [2.05, 4.69) is 21.2 Å². The van der Waals surface area contributed by atoms with Crippen LogP contribution in [0.25, 0.3) is 11.0 Å². The summed E-state index contributed by atoms with van der Waals surface area (Å²) < 4.78 is 5.92. The van der Waals surface area contributed by atoms with Crippen LogP contribution in [0.5, 0.6) is 0 Å². The van der Waals surface area contributed by atoms with Crippen LogP contribution in [-0.2, 0) is 6.54 Å². The van der Waals surface area contributed by atoms with Gasteiger partial charge in [0.05, 0.1) is 5.56 Å². The molecule has 0 unspecified atom stereocenters. The van der Waals surface area contributed by atoms with E-state index >= 15 is 0 Å². The van der Waals surface area contributed by atoms with Gasteiger partial charge in [-0.05, 0) is 58.2 Å². The molecule has 0 fully saturated rings. The van der Waals surface area contributed by atoms with Crippen molar-refractivity contribution in [2.75, 3.05) is 0 Å². The minimum absolute atomic E-state index is 0.196. The summed E-state index contributed by atoms with van der Waals surface area (Å²) >= 11 is 9.51. The second-order valence-corrected chi connectivity index (χ2v) is 6.61. The van der Waals surface area contributed by atoms with Crippen LogP contribution in [0.4, 0.5) is 0 Å². The predicted molar refractivity (Wildman–Crippen MR) is 97.5 cm³/mol. The van der Waals surface area contributed by atoms with Crippen LogP contribution < -0.4 is 10.9 Å². The maximum Gasteiger partial charge on any atom is 0.336 e. The molecular weight excluding hydrogens is 394 g/mol. The fourth-order valence-corrected chi connectivity index (χ4v) is 3.04. The summed E-state index contributed by atoms with van der Waals surface area (Å²) in [6.45, 7) is 2.03. The first kappa shape index (κ1) is 16.7. The van der Waals surface area contributed by atoms with Gasteiger partial charge < -0.3 is 9.73 Å². The number of hydrogen-bond acceptors (Lipinski definition) is 3. The van der Waals surface area contributed by atoms with Gasteiger partial charge in [0.2, 0.25) is 0 Å². The second kappa shape index (κ2) is 6.79. The first-order valence-corrected chi connectivity index (χ1v) is 8.38. The lowest BCUT2D eigenvalue weighted by atomic mass is 10.1. The van der Waals surface area contributed by atoms with Crippen molar-refractivity contribution >= 4 is 44.4 Å². The van der Waals surface area contributed by atoms with E-state index in [0.717, 1.165) is 5.56 Å². The Hall–Kier alpha value is -2.11. The molecule has 0 aliphatic carbocycles. The summed E-state index contributed by atoms with van der Waals surface area (Å²) in [6, 6.07) is 12.0. The van der Waals surface area contributed by atoms with Crippen LogP contribution in [0, 0.1) is 6.92 Å². The highest BCUT2D eigenvalue weighted by Crippen LogP contribution is 2.25. The molecule has 0 saturated carbocycles. The van der Waals surface area contributed by atoms with Crippen LogP contribution in [0.3, 0.4) is 0 Å². The minimum atomic E-state index is -0.464. The Morgan fingerprint density at radius 2 is 2.00 bits per heavy atom. The van der Waals surface area contributed by atoms with Gasteiger partial charge in [0.1, 0.15) is 5.58 Å². The zero-order chi connectivity index (χ0) is 17.3. The monoisotopic (exact) mass is 405 g/mol. The van der Waals surface area contributed by atoms with Crippen molar-refractivity contribution in [2.24, 2.45) is 0 Å². The van der Waals surface area contributed by atoms with Crippen LogP contribution in [0.1, 0.15) is 21.5 Å². The van der Waals surface area contributed by atoms with E-state index in [4.69, 9.17) is 16.0 Å². The van der Waals surface area contributed by atoms with Gasteiger partial charge in [-0.15, -0.1) is 0 Å². The number of carbonyl (C=O) groups excluding carboxylic acids is 1. The molecule has 1 heterocycles. The Labute approximate surface area is 151 Å². The minimum Gasteiger partial charge on any atom is -0.423 e. The zero-order valence-electron chi connectivity index (χ0n) is 12.7. The number of fused-ring (bicyclic) bond motifs is 1. The van der Waals surface area contributed by atoms with Crippen molar-refractivity contribution < 1.29 is 9.21 Å². The van der Waals surface area contributed by atoms with E-state index < -0.39 is 5.63 Å². The normalized spacial score (nSPS) is 10.8. The molecule has 4 nitrogen and oxygen atoms in total. The van der Waals surface area contributed by atoms with Gasteiger partial charge in [-0.25, -0.2) is 4.79 Å². The zero-order valence-corrected chi connectivity index (χ0v) is 15.1. The van der Waals surface area contributed by atoms with Crippen molar-refractivity contribution in [3.8, 4) is 0 Å². The van der Waals surface area contributed by atoms with Gasteiger partial charge in [0.25, 0.3) is 5.91 Å². The molecule has 0 aliphatic rings. The molecule has 122 valence electrons. The Morgan fingerprint density at radius 1 is 1.25 bits per heavy atom. The molecular formula is C18H13BrClNO3. The first-order chi connectivity index (χ1) is 11.5. The fourth-order valence-electron chi connectivity index (χ4n) is 2.41. The molecule has 24 heavy (non-hydrogen) atoms. The molecule has 3 rings (SSSR count). The third-order valence-corrected chi connectivity index (χ3v) is 4.77. The van der Waals surface area contributed by atoms with E-state index in [9.17, 15) is 9.59 Å². The molecule has 6 heteroatoms. The van der Waals surface area contributed by atoms with Gasteiger partial charge in [-0.2, -0.15) is 0 Å². The molecule has 0 bridgehead atoms. The second-order valence-electron chi connectivity index (χ2n) is 5.35. The Bertz CT molecular complexity index is 997. The lowest BCUT2D eigenvalue weighted by Gasteiger charge is -2.10. The summed E-state index contributed by atoms with van der Waals surface area (Å²) in [7, 11) is 0. The summed E-state index contributed by atoms with van der Waals surface area (Å²) in [5.74, 6) is -0.234. The van der Waals surface area contributed by atoms with Gasteiger partial charge >= 0.3 is 5.63 Å². The van der Waals surface area contributed by atoms with Gasteiger partial charge in [-0.3, -0.25) is 4.79 Å². The van der Waals surface area contributed by atoms with Gasteiger partial charge in [0.15, 0.2) is 0 Å².